The topological polar surface area (TPSA) is 72.0 Å². The second-order valence-corrected chi connectivity index (χ2v) is 5.52. The van der Waals surface area contributed by atoms with Gasteiger partial charge >= 0.3 is 12.3 Å². The van der Waals surface area contributed by atoms with E-state index in [1.165, 1.54) is 12.1 Å². The molecule has 1 atom stereocenters. The molecular weight excluding hydrogens is 327 g/mol. The Balaban J connectivity index is 1.82. The first-order valence-electron chi connectivity index (χ1n) is 7.50. The summed E-state index contributed by atoms with van der Waals surface area (Å²) in [7, 11) is 0. The third-order valence-corrected chi connectivity index (χ3v) is 3.82. The molecule has 130 valence electrons. The number of hydrazone groups is 1. The predicted octanol–water partition coefficient (Wildman–Crippen LogP) is 2.74. The molecule has 1 unspecified atom stereocenters. The number of alkyl halides is 3. The fourth-order valence-electron chi connectivity index (χ4n) is 2.60. The second-order valence-electron chi connectivity index (χ2n) is 5.52. The molecule has 1 fully saturated rings. The quantitative estimate of drug-likeness (QED) is 0.882. The monoisotopic (exact) mass is 343 g/mol. The minimum absolute atomic E-state index is 0.0110. The van der Waals surface area contributed by atoms with Crippen LogP contribution in [-0.2, 0) is 15.7 Å². The van der Waals surface area contributed by atoms with E-state index in [0.29, 0.717) is 13.2 Å². The van der Waals surface area contributed by atoms with E-state index in [4.69, 9.17) is 9.47 Å². The number of hydrogen-bond donors (Lipinski definition) is 2. The number of carbonyl (C=O) groups excluding carboxylic acids is 1. The molecule has 6 nitrogen and oxygen atoms in total. The molecule has 24 heavy (non-hydrogen) atoms. The van der Waals surface area contributed by atoms with E-state index in [2.05, 4.69) is 15.8 Å². The van der Waals surface area contributed by atoms with Gasteiger partial charge in [-0.05, 0) is 25.0 Å². The van der Waals surface area contributed by atoms with Crippen molar-refractivity contribution in [2.24, 2.45) is 5.10 Å². The lowest BCUT2D eigenvalue weighted by atomic mass is 10.0. The van der Waals surface area contributed by atoms with Gasteiger partial charge in [0, 0.05) is 24.4 Å². The highest BCUT2D eigenvalue weighted by molar-refractivity contribution is 6.04. The Morgan fingerprint density at radius 3 is 2.83 bits per heavy atom. The number of benzene rings is 1. The molecule has 2 aliphatic rings. The van der Waals surface area contributed by atoms with Gasteiger partial charge in [-0.2, -0.15) is 18.3 Å². The van der Waals surface area contributed by atoms with Gasteiger partial charge in [-0.25, -0.2) is 10.2 Å². The predicted molar refractivity (Wildman–Crippen MR) is 79.9 cm³/mol. The Morgan fingerprint density at radius 1 is 1.38 bits per heavy atom. The Bertz CT molecular complexity index is 655. The zero-order valence-corrected chi connectivity index (χ0v) is 12.7. The first kappa shape index (κ1) is 16.6. The number of amides is 1. The van der Waals surface area contributed by atoms with Gasteiger partial charge < -0.3 is 14.8 Å². The number of nitrogens with one attached hydrogen (secondary N) is 2. The van der Waals surface area contributed by atoms with E-state index in [9.17, 15) is 18.0 Å². The zero-order chi connectivity index (χ0) is 17.2. The van der Waals surface area contributed by atoms with Crippen molar-refractivity contribution < 1.29 is 27.4 Å². The van der Waals surface area contributed by atoms with Crippen molar-refractivity contribution in [1.29, 1.82) is 0 Å². The molecule has 1 saturated heterocycles. The summed E-state index contributed by atoms with van der Waals surface area (Å²) < 4.78 is 50.2. The van der Waals surface area contributed by atoms with E-state index < -0.39 is 17.8 Å². The van der Waals surface area contributed by atoms with Crippen LogP contribution in [0.1, 0.15) is 24.0 Å². The first-order valence-corrected chi connectivity index (χ1v) is 7.50. The van der Waals surface area contributed by atoms with Crippen LogP contribution in [0.25, 0.3) is 0 Å². The van der Waals surface area contributed by atoms with E-state index >= 15 is 0 Å². The van der Waals surface area contributed by atoms with Crippen LogP contribution in [0.2, 0.25) is 0 Å². The van der Waals surface area contributed by atoms with Crippen LogP contribution < -0.4 is 10.7 Å². The summed E-state index contributed by atoms with van der Waals surface area (Å²) in [5.41, 5.74) is 1.74. The highest BCUT2D eigenvalue weighted by atomic mass is 19.4. The maximum Gasteiger partial charge on any atom is 0.428 e. The lowest BCUT2D eigenvalue weighted by Crippen LogP contribution is -2.31. The van der Waals surface area contributed by atoms with Gasteiger partial charge in [-0.1, -0.05) is 6.07 Å². The third kappa shape index (κ3) is 3.78. The van der Waals surface area contributed by atoms with Crippen molar-refractivity contribution >= 4 is 17.5 Å². The zero-order valence-electron chi connectivity index (χ0n) is 12.7. The van der Waals surface area contributed by atoms with Crippen molar-refractivity contribution in [3.63, 3.8) is 0 Å². The van der Waals surface area contributed by atoms with Crippen molar-refractivity contribution in [3.8, 4) is 0 Å². The van der Waals surface area contributed by atoms with E-state index in [1.54, 1.807) is 0 Å². The molecule has 1 amide bonds. The van der Waals surface area contributed by atoms with Crippen LogP contribution in [0.3, 0.4) is 0 Å². The average Bonchev–Trinajstić information content (AvgIpc) is 3.06. The molecule has 9 heteroatoms. The Labute approximate surface area is 136 Å². The fraction of sp³-hybridized carbons (Fsp3) is 0.467. The number of nitrogens with zero attached hydrogens (tertiary/aromatic N) is 1. The Hall–Kier alpha value is -2.29. The summed E-state index contributed by atoms with van der Waals surface area (Å²) in [5, 5.41) is 6.54. The maximum atomic E-state index is 13.3. The normalized spacial score (nSPS) is 21.0. The van der Waals surface area contributed by atoms with Gasteiger partial charge in [0.1, 0.15) is 12.3 Å². The van der Waals surface area contributed by atoms with Crippen molar-refractivity contribution in [2.45, 2.75) is 25.1 Å². The second kappa shape index (κ2) is 6.68. The summed E-state index contributed by atoms with van der Waals surface area (Å²) in [6, 6.07) is 3.86. The van der Waals surface area contributed by atoms with E-state index in [1.807, 2.05) is 0 Å². The van der Waals surface area contributed by atoms with Crippen LogP contribution in [0.5, 0.6) is 0 Å². The average molecular weight is 343 g/mol. The van der Waals surface area contributed by atoms with Gasteiger partial charge in [-0.3, -0.25) is 0 Å². The standard InChI is InChI=1S/C15H16F3N3O3/c16-15(17,18)11-6-9(13-8-24-14(22)21-20-13)3-4-12(11)19-7-10-2-1-5-23-10/h3-4,6,10,19H,1-2,5,7-8H2,(H,21,22). The molecule has 1 aromatic rings. The van der Waals surface area contributed by atoms with Gasteiger partial charge in [0.2, 0.25) is 0 Å². The number of cyclic esters (lactones) is 1. The molecule has 2 heterocycles. The summed E-state index contributed by atoms with van der Waals surface area (Å²) in [4.78, 5) is 10.9. The summed E-state index contributed by atoms with van der Waals surface area (Å²) in [6.07, 6.45) is -3.57. The molecule has 0 aromatic heterocycles. The molecule has 2 N–H and O–H groups in total. The van der Waals surface area contributed by atoms with Gasteiger partial charge in [-0.15, -0.1) is 0 Å². The summed E-state index contributed by atoms with van der Waals surface area (Å²) in [6.45, 7) is 0.789. The molecule has 1 aromatic carbocycles. The molecule has 0 spiro atoms. The number of rotatable bonds is 4. The van der Waals surface area contributed by atoms with Crippen molar-refractivity contribution in [2.75, 3.05) is 25.1 Å². The molecule has 0 saturated carbocycles. The third-order valence-electron chi connectivity index (χ3n) is 3.82. The molecular formula is C15H16F3N3O3. The van der Waals surface area contributed by atoms with Crippen LogP contribution in [0.4, 0.5) is 23.7 Å². The SMILES string of the molecule is O=C1NN=C(c2ccc(NCC3CCCO3)c(C(F)(F)F)c2)CO1. The first-order chi connectivity index (χ1) is 11.4. The number of carbonyl (C=O) groups is 1. The minimum Gasteiger partial charge on any atom is -0.442 e. The largest absolute Gasteiger partial charge is 0.442 e. The van der Waals surface area contributed by atoms with E-state index in [0.717, 1.165) is 18.9 Å². The van der Waals surface area contributed by atoms with Gasteiger partial charge in [0.15, 0.2) is 0 Å². The summed E-state index contributed by atoms with van der Waals surface area (Å²) in [5.74, 6) is 0. The highest BCUT2D eigenvalue weighted by Crippen LogP contribution is 2.36. The Kier molecular flexibility index (Phi) is 4.61. The number of anilines is 1. The highest BCUT2D eigenvalue weighted by Gasteiger charge is 2.34. The minimum atomic E-state index is -4.52. The number of hydrogen-bond acceptors (Lipinski definition) is 5. The molecule has 0 aliphatic carbocycles. The molecule has 3 rings (SSSR count). The van der Waals surface area contributed by atoms with Crippen molar-refractivity contribution in [1.82, 2.24) is 5.43 Å². The van der Waals surface area contributed by atoms with Crippen LogP contribution in [0.15, 0.2) is 23.3 Å². The van der Waals surface area contributed by atoms with Crippen LogP contribution in [-0.4, -0.2) is 37.7 Å². The smallest absolute Gasteiger partial charge is 0.428 e. The molecule has 2 aliphatic heterocycles. The van der Waals surface area contributed by atoms with E-state index in [-0.39, 0.29) is 29.7 Å². The van der Waals surface area contributed by atoms with Crippen LogP contribution >= 0.6 is 0 Å². The van der Waals surface area contributed by atoms with Crippen LogP contribution in [0, 0.1) is 0 Å². The molecule has 0 bridgehead atoms. The van der Waals surface area contributed by atoms with Gasteiger partial charge in [0.05, 0.1) is 11.7 Å². The Morgan fingerprint density at radius 2 is 2.21 bits per heavy atom. The lowest BCUT2D eigenvalue weighted by Gasteiger charge is -2.19. The fourth-order valence-corrected chi connectivity index (χ4v) is 2.60. The lowest BCUT2D eigenvalue weighted by molar-refractivity contribution is -0.137. The molecule has 0 radical (unpaired) electrons. The summed E-state index contributed by atoms with van der Waals surface area (Å²) >= 11 is 0. The maximum absolute atomic E-state index is 13.3. The van der Waals surface area contributed by atoms with Gasteiger partial charge in [0.25, 0.3) is 0 Å². The van der Waals surface area contributed by atoms with Crippen molar-refractivity contribution in [3.05, 3.63) is 29.3 Å². The number of halogens is 3. The number of ether oxygens (including phenoxy) is 2.